The van der Waals surface area contributed by atoms with Crippen LogP contribution in [0.25, 0.3) is 0 Å². The second-order valence-electron chi connectivity index (χ2n) is 6.46. The number of anilines is 1. The first-order valence-electron chi connectivity index (χ1n) is 8.21. The van der Waals surface area contributed by atoms with Crippen LogP contribution >= 0.6 is 22.9 Å². The van der Waals surface area contributed by atoms with Gasteiger partial charge in [0.1, 0.15) is 5.69 Å². The minimum Gasteiger partial charge on any atom is -0.375 e. The molecule has 0 radical (unpaired) electrons. The van der Waals surface area contributed by atoms with E-state index in [0.29, 0.717) is 23.5 Å². The second-order valence-corrected chi connectivity index (χ2v) is 7.78. The Hall–Kier alpha value is -1.67. The van der Waals surface area contributed by atoms with Crippen molar-refractivity contribution in [3.63, 3.8) is 0 Å². The molecule has 2 aromatic rings. The quantitative estimate of drug-likeness (QED) is 0.856. The monoisotopic (exact) mass is 378 g/mol. The minimum atomic E-state index is -0.159. The molecule has 3 N–H and O–H groups in total. The Kier molecular flexibility index (Phi) is 4.64. The molecule has 0 spiro atoms. The third-order valence-electron chi connectivity index (χ3n) is 4.75. The lowest BCUT2D eigenvalue weighted by molar-refractivity contribution is -0.0502. The SMILES string of the molecule is Nc1nc(C(=O)N[C@@H]2C[C@H]3CO[C@@H](c4ccc(Cl)cc4)CN3C2)cs1. The molecular formula is C17H19ClN4O2S. The van der Waals surface area contributed by atoms with Crippen molar-refractivity contribution < 1.29 is 9.53 Å². The number of nitrogen functional groups attached to an aromatic ring is 1. The van der Waals surface area contributed by atoms with E-state index in [1.54, 1.807) is 5.38 Å². The summed E-state index contributed by atoms with van der Waals surface area (Å²) in [5, 5.41) is 5.89. The molecule has 2 saturated heterocycles. The van der Waals surface area contributed by atoms with E-state index < -0.39 is 0 Å². The van der Waals surface area contributed by atoms with Crippen molar-refractivity contribution in [2.45, 2.75) is 24.6 Å². The molecule has 1 amide bonds. The maximum atomic E-state index is 12.3. The number of aromatic nitrogens is 1. The number of nitrogens with one attached hydrogen (secondary N) is 1. The van der Waals surface area contributed by atoms with Gasteiger partial charge in [0.25, 0.3) is 5.91 Å². The first kappa shape index (κ1) is 16.8. The molecule has 8 heteroatoms. The molecule has 2 aliphatic heterocycles. The number of nitrogens with zero attached hydrogens (tertiary/aromatic N) is 2. The first-order chi connectivity index (χ1) is 12.1. The number of thiazole rings is 1. The third kappa shape index (κ3) is 3.64. The molecule has 3 heterocycles. The molecule has 0 bridgehead atoms. The number of hydrogen-bond acceptors (Lipinski definition) is 6. The molecule has 2 fully saturated rings. The predicted octanol–water partition coefficient (Wildman–Crippen LogP) is 2.32. The summed E-state index contributed by atoms with van der Waals surface area (Å²) in [7, 11) is 0. The fourth-order valence-electron chi connectivity index (χ4n) is 3.51. The Morgan fingerprint density at radius 1 is 1.36 bits per heavy atom. The summed E-state index contributed by atoms with van der Waals surface area (Å²) in [5.41, 5.74) is 7.12. The van der Waals surface area contributed by atoms with Crippen LogP contribution < -0.4 is 11.1 Å². The number of hydrogen-bond donors (Lipinski definition) is 2. The maximum absolute atomic E-state index is 12.3. The van der Waals surface area contributed by atoms with Gasteiger partial charge < -0.3 is 15.8 Å². The van der Waals surface area contributed by atoms with Crippen molar-refractivity contribution >= 4 is 34.0 Å². The summed E-state index contributed by atoms with van der Waals surface area (Å²) >= 11 is 7.23. The van der Waals surface area contributed by atoms with Crippen molar-refractivity contribution in [2.24, 2.45) is 0 Å². The van der Waals surface area contributed by atoms with E-state index in [4.69, 9.17) is 22.1 Å². The lowest BCUT2D eigenvalue weighted by Gasteiger charge is -2.35. The van der Waals surface area contributed by atoms with Crippen LogP contribution in [-0.4, -0.2) is 47.6 Å². The van der Waals surface area contributed by atoms with Crippen LogP contribution in [0.4, 0.5) is 5.13 Å². The Morgan fingerprint density at radius 3 is 2.88 bits per heavy atom. The molecule has 25 heavy (non-hydrogen) atoms. The molecule has 4 rings (SSSR count). The number of rotatable bonds is 3. The van der Waals surface area contributed by atoms with E-state index in [2.05, 4.69) is 15.2 Å². The second kappa shape index (κ2) is 6.92. The first-order valence-corrected chi connectivity index (χ1v) is 9.47. The normalized spacial score (nSPS) is 26.4. The largest absolute Gasteiger partial charge is 0.375 e. The van der Waals surface area contributed by atoms with Crippen molar-refractivity contribution in [1.82, 2.24) is 15.2 Å². The van der Waals surface area contributed by atoms with Crippen LogP contribution in [-0.2, 0) is 4.74 Å². The number of morpholine rings is 1. The van der Waals surface area contributed by atoms with Gasteiger partial charge in [-0.15, -0.1) is 11.3 Å². The molecule has 0 unspecified atom stereocenters. The number of carbonyl (C=O) groups excluding carboxylic acids is 1. The fourth-order valence-corrected chi connectivity index (χ4v) is 4.18. The number of amides is 1. The molecule has 1 aromatic carbocycles. The van der Waals surface area contributed by atoms with Crippen LogP contribution in [0, 0.1) is 0 Å². The van der Waals surface area contributed by atoms with Crippen LogP contribution in [0.5, 0.6) is 0 Å². The zero-order valence-electron chi connectivity index (χ0n) is 13.5. The van der Waals surface area contributed by atoms with Gasteiger partial charge in [-0.25, -0.2) is 4.98 Å². The van der Waals surface area contributed by atoms with E-state index in [-0.39, 0.29) is 18.1 Å². The summed E-state index contributed by atoms with van der Waals surface area (Å²) in [5.74, 6) is -0.159. The Morgan fingerprint density at radius 2 is 2.16 bits per heavy atom. The fraction of sp³-hybridized carbons (Fsp3) is 0.412. The molecule has 6 nitrogen and oxygen atoms in total. The number of carbonyl (C=O) groups is 1. The summed E-state index contributed by atoms with van der Waals surface area (Å²) in [6, 6.07) is 8.24. The number of halogens is 1. The molecule has 0 aliphatic carbocycles. The highest BCUT2D eigenvalue weighted by atomic mass is 35.5. The van der Waals surface area contributed by atoms with E-state index in [9.17, 15) is 4.79 Å². The van der Waals surface area contributed by atoms with Crippen molar-refractivity contribution in [3.05, 3.63) is 45.9 Å². The highest BCUT2D eigenvalue weighted by Gasteiger charge is 2.38. The summed E-state index contributed by atoms with van der Waals surface area (Å²) < 4.78 is 6.03. The van der Waals surface area contributed by atoms with Crippen molar-refractivity contribution in [1.29, 1.82) is 0 Å². The average Bonchev–Trinajstić information content (AvgIpc) is 3.20. The molecule has 3 atom stereocenters. The smallest absolute Gasteiger partial charge is 0.271 e. The van der Waals surface area contributed by atoms with Gasteiger partial charge in [-0.2, -0.15) is 0 Å². The van der Waals surface area contributed by atoms with Crippen LogP contribution in [0.1, 0.15) is 28.6 Å². The highest BCUT2D eigenvalue weighted by molar-refractivity contribution is 7.13. The summed E-state index contributed by atoms with van der Waals surface area (Å²) in [6.45, 7) is 2.31. The van der Waals surface area contributed by atoms with Gasteiger partial charge in [-0.1, -0.05) is 23.7 Å². The molecule has 132 valence electrons. The third-order valence-corrected chi connectivity index (χ3v) is 5.68. The molecular weight excluding hydrogens is 360 g/mol. The lowest BCUT2D eigenvalue weighted by atomic mass is 10.1. The average molecular weight is 379 g/mol. The van der Waals surface area contributed by atoms with E-state index in [1.807, 2.05) is 24.3 Å². The zero-order chi connectivity index (χ0) is 17.4. The Balaban J connectivity index is 1.36. The lowest BCUT2D eigenvalue weighted by Crippen LogP contribution is -2.43. The minimum absolute atomic E-state index is 0.0429. The van der Waals surface area contributed by atoms with Gasteiger partial charge in [-0.3, -0.25) is 9.69 Å². The van der Waals surface area contributed by atoms with Crippen molar-refractivity contribution in [2.75, 3.05) is 25.4 Å². The Labute approximate surface area is 154 Å². The number of fused-ring (bicyclic) bond motifs is 1. The van der Waals surface area contributed by atoms with Gasteiger partial charge in [-0.05, 0) is 24.1 Å². The number of benzene rings is 1. The summed E-state index contributed by atoms with van der Waals surface area (Å²) in [4.78, 5) is 18.7. The summed E-state index contributed by atoms with van der Waals surface area (Å²) in [6.07, 6.45) is 0.930. The van der Waals surface area contributed by atoms with Crippen LogP contribution in [0.3, 0.4) is 0 Å². The molecule has 2 aliphatic rings. The molecule has 1 aromatic heterocycles. The van der Waals surface area contributed by atoms with Gasteiger partial charge >= 0.3 is 0 Å². The topological polar surface area (TPSA) is 80.5 Å². The van der Waals surface area contributed by atoms with Gasteiger partial charge in [0.05, 0.1) is 12.7 Å². The van der Waals surface area contributed by atoms with E-state index >= 15 is 0 Å². The number of nitrogens with two attached hydrogens (primary N) is 1. The van der Waals surface area contributed by atoms with Gasteiger partial charge in [0.15, 0.2) is 5.13 Å². The van der Waals surface area contributed by atoms with Gasteiger partial charge in [0.2, 0.25) is 0 Å². The Bertz CT molecular complexity index is 766. The highest BCUT2D eigenvalue weighted by Crippen LogP contribution is 2.31. The predicted molar refractivity (Wildman–Crippen MR) is 97.9 cm³/mol. The number of ether oxygens (including phenoxy) is 1. The van der Waals surface area contributed by atoms with Crippen LogP contribution in [0.2, 0.25) is 5.02 Å². The van der Waals surface area contributed by atoms with Gasteiger partial charge in [0, 0.05) is 35.6 Å². The standard InChI is InChI=1S/C17H19ClN4O2S/c18-11-3-1-10(2-4-11)15-7-22-6-12(5-13(22)8-24-15)20-16(23)14-9-25-17(19)21-14/h1-4,9,12-13,15H,5-8H2,(H2,19,21)(H,20,23)/t12-,13+,15-/m1/s1. The molecule has 0 saturated carbocycles. The van der Waals surface area contributed by atoms with E-state index in [0.717, 1.165) is 30.1 Å². The van der Waals surface area contributed by atoms with E-state index in [1.165, 1.54) is 11.3 Å². The van der Waals surface area contributed by atoms with Crippen molar-refractivity contribution in [3.8, 4) is 0 Å². The maximum Gasteiger partial charge on any atom is 0.271 e. The zero-order valence-corrected chi connectivity index (χ0v) is 15.1. The van der Waals surface area contributed by atoms with Crippen LogP contribution in [0.15, 0.2) is 29.6 Å².